The lowest BCUT2D eigenvalue weighted by Crippen LogP contribution is -2.29. The highest BCUT2D eigenvalue weighted by molar-refractivity contribution is 5.66. The van der Waals surface area contributed by atoms with E-state index >= 15 is 0 Å². The van der Waals surface area contributed by atoms with E-state index in [1.54, 1.807) is 0 Å². The van der Waals surface area contributed by atoms with Gasteiger partial charge in [0.1, 0.15) is 6.61 Å². The summed E-state index contributed by atoms with van der Waals surface area (Å²) < 4.78 is 5.00. The quantitative estimate of drug-likeness (QED) is 0.792. The summed E-state index contributed by atoms with van der Waals surface area (Å²) in [7, 11) is 0. The van der Waals surface area contributed by atoms with Crippen LogP contribution in [0.1, 0.15) is 36.8 Å². The third-order valence-electron chi connectivity index (χ3n) is 3.12. The topological polar surface area (TPSA) is 46.5 Å². The summed E-state index contributed by atoms with van der Waals surface area (Å²) >= 11 is 0. The van der Waals surface area contributed by atoms with Crippen molar-refractivity contribution in [3.63, 3.8) is 0 Å². The number of hydrogen-bond donors (Lipinski definition) is 1. The van der Waals surface area contributed by atoms with Crippen LogP contribution in [0.25, 0.3) is 0 Å². The molecule has 2 atom stereocenters. The third-order valence-corrected chi connectivity index (χ3v) is 3.12. The van der Waals surface area contributed by atoms with E-state index in [4.69, 9.17) is 4.74 Å². The lowest BCUT2D eigenvalue weighted by molar-refractivity contribution is -0.142. The molecule has 3 heteroatoms. The lowest BCUT2D eigenvalue weighted by Gasteiger charge is -2.34. The fraction of sp³-hybridized carbons (Fsp3) is 0.462. The number of benzene rings is 1. The average molecular weight is 220 g/mol. The number of aliphatic hydroxyl groups excluding tert-OH is 1. The maximum absolute atomic E-state index is 10.8. The summed E-state index contributed by atoms with van der Waals surface area (Å²) in [6, 6.07) is 7.83. The molecule has 0 aromatic heterocycles. The molecule has 1 aliphatic carbocycles. The number of esters is 1. The molecule has 0 radical (unpaired) electrons. The van der Waals surface area contributed by atoms with E-state index in [1.807, 2.05) is 24.3 Å². The van der Waals surface area contributed by atoms with Crippen molar-refractivity contribution in [2.75, 3.05) is 0 Å². The van der Waals surface area contributed by atoms with Crippen molar-refractivity contribution in [3.8, 4) is 0 Å². The van der Waals surface area contributed by atoms with Gasteiger partial charge in [-0.3, -0.25) is 4.79 Å². The Balaban J connectivity index is 2.13. The van der Waals surface area contributed by atoms with Crippen molar-refractivity contribution in [2.24, 2.45) is 0 Å². The molecule has 1 fully saturated rings. The number of ether oxygens (including phenoxy) is 1. The number of carbonyl (C=O) groups is 1. The highest BCUT2D eigenvalue weighted by Gasteiger charge is 2.31. The zero-order valence-corrected chi connectivity index (χ0v) is 9.35. The number of rotatable bonds is 3. The second kappa shape index (κ2) is 4.66. The smallest absolute Gasteiger partial charge is 0.302 e. The minimum absolute atomic E-state index is 0.215. The van der Waals surface area contributed by atoms with Gasteiger partial charge in [-0.15, -0.1) is 0 Å². The van der Waals surface area contributed by atoms with Crippen LogP contribution in [0.2, 0.25) is 0 Å². The first-order valence-electron chi connectivity index (χ1n) is 5.57. The second-order valence-electron chi connectivity index (χ2n) is 4.23. The molecule has 1 N–H and O–H groups in total. The normalized spacial score (nSPS) is 23.6. The number of carbonyl (C=O) groups excluding carboxylic acids is 1. The summed E-state index contributed by atoms with van der Waals surface area (Å²) in [6.07, 6.45) is 1.64. The first-order valence-corrected chi connectivity index (χ1v) is 5.57. The highest BCUT2D eigenvalue weighted by atomic mass is 16.5. The first kappa shape index (κ1) is 11.1. The maximum atomic E-state index is 10.8. The predicted octanol–water partition coefficient (Wildman–Crippen LogP) is 1.99. The monoisotopic (exact) mass is 220 g/mol. The van der Waals surface area contributed by atoms with Gasteiger partial charge in [-0.2, -0.15) is 0 Å². The van der Waals surface area contributed by atoms with Crippen LogP contribution in [0.4, 0.5) is 0 Å². The van der Waals surface area contributed by atoms with Gasteiger partial charge in [-0.05, 0) is 24.0 Å². The van der Waals surface area contributed by atoms with Gasteiger partial charge in [0.05, 0.1) is 6.10 Å². The van der Waals surface area contributed by atoms with Gasteiger partial charge in [0.25, 0.3) is 0 Å². The number of hydrogen-bond acceptors (Lipinski definition) is 3. The van der Waals surface area contributed by atoms with Crippen LogP contribution in [-0.2, 0) is 16.1 Å². The fourth-order valence-electron chi connectivity index (χ4n) is 2.05. The first-order chi connectivity index (χ1) is 7.68. The Kier molecular flexibility index (Phi) is 3.25. The van der Waals surface area contributed by atoms with Gasteiger partial charge in [0, 0.05) is 12.8 Å². The van der Waals surface area contributed by atoms with Gasteiger partial charge >= 0.3 is 5.97 Å². The SMILES string of the molecule is CC(=O)OCc1ccccc1C1CCC1O. The van der Waals surface area contributed by atoms with Gasteiger partial charge < -0.3 is 9.84 Å². The van der Waals surface area contributed by atoms with E-state index in [9.17, 15) is 9.90 Å². The maximum Gasteiger partial charge on any atom is 0.302 e. The molecule has 0 bridgehead atoms. The molecule has 86 valence electrons. The summed E-state index contributed by atoms with van der Waals surface area (Å²) in [5.41, 5.74) is 2.11. The van der Waals surface area contributed by atoms with E-state index in [-0.39, 0.29) is 18.0 Å². The molecule has 2 rings (SSSR count). The second-order valence-corrected chi connectivity index (χ2v) is 4.23. The Morgan fingerprint density at radius 1 is 1.44 bits per heavy atom. The van der Waals surface area contributed by atoms with E-state index in [2.05, 4.69) is 0 Å². The predicted molar refractivity (Wildman–Crippen MR) is 59.9 cm³/mol. The molecule has 1 aliphatic rings. The van der Waals surface area contributed by atoms with Gasteiger partial charge in [0.15, 0.2) is 0 Å². The van der Waals surface area contributed by atoms with Gasteiger partial charge in [-0.25, -0.2) is 0 Å². The molecule has 1 aromatic carbocycles. The molecule has 0 saturated heterocycles. The van der Waals surface area contributed by atoms with Gasteiger partial charge in [-0.1, -0.05) is 24.3 Å². The van der Waals surface area contributed by atoms with E-state index in [0.29, 0.717) is 6.61 Å². The summed E-state index contributed by atoms with van der Waals surface area (Å²) in [6.45, 7) is 1.70. The Bertz CT molecular complexity index is 387. The largest absolute Gasteiger partial charge is 0.461 e. The van der Waals surface area contributed by atoms with Crippen molar-refractivity contribution in [1.29, 1.82) is 0 Å². The Hall–Kier alpha value is -1.35. The molecule has 0 spiro atoms. The summed E-state index contributed by atoms with van der Waals surface area (Å²) in [4.78, 5) is 10.8. The molecule has 0 amide bonds. The van der Waals surface area contributed by atoms with E-state index in [0.717, 1.165) is 24.0 Å². The molecule has 1 saturated carbocycles. The molecule has 16 heavy (non-hydrogen) atoms. The minimum atomic E-state index is -0.274. The molecule has 2 unspecified atom stereocenters. The molecular formula is C13H16O3. The van der Waals surface area contributed by atoms with Crippen LogP contribution in [0, 0.1) is 0 Å². The van der Waals surface area contributed by atoms with Crippen LogP contribution in [-0.4, -0.2) is 17.2 Å². The molecule has 0 heterocycles. The Morgan fingerprint density at radius 3 is 2.75 bits per heavy atom. The highest BCUT2D eigenvalue weighted by Crippen LogP contribution is 2.38. The zero-order chi connectivity index (χ0) is 11.5. The standard InChI is InChI=1S/C13H16O3/c1-9(14)16-8-10-4-2-3-5-11(10)12-6-7-13(12)15/h2-5,12-13,15H,6-8H2,1H3. The van der Waals surface area contributed by atoms with Crippen LogP contribution in [0.15, 0.2) is 24.3 Å². The van der Waals surface area contributed by atoms with Crippen LogP contribution in [0.5, 0.6) is 0 Å². The summed E-state index contributed by atoms with van der Waals surface area (Å²) in [5.74, 6) is -0.0595. The summed E-state index contributed by atoms with van der Waals surface area (Å²) in [5, 5.41) is 9.66. The Labute approximate surface area is 95.0 Å². The van der Waals surface area contributed by atoms with E-state index in [1.165, 1.54) is 6.92 Å². The average Bonchev–Trinajstić information content (AvgIpc) is 2.26. The van der Waals surface area contributed by atoms with Crippen molar-refractivity contribution in [3.05, 3.63) is 35.4 Å². The van der Waals surface area contributed by atoms with Crippen molar-refractivity contribution in [2.45, 2.75) is 38.4 Å². The molecule has 0 aliphatic heterocycles. The van der Waals surface area contributed by atoms with E-state index < -0.39 is 0 Å². The minimum Gasteiger partial charge on any atom is -0.461 e. The van der Waals surface area contributed by atoms with Crippen molar-refractivity contribution in [1.82, 2.24) is 0 Å². The molecule has 1 aromatic rings. The molecular weight excluding hydrogens is 204 g/mol. The lowest BCUT2D eigenvalue weighted by atomic mass is 9.75. The fourth-order valence-corrected chi connectivity index (χ4v) is 2.05. The van der Waals surface area contributed by atoms with Gasteiger partial charge in [0.2, 0.25) is 0 Å². The van der Waals surface area contributed by atoms with Crippen molar-refractivity contribution < 1.29 is 14.6 Å². The van der Waals surface area contributed by atoms with Crippen molar-refractivity contribution >= 4 is 5.97 Å². The Morgan fingerprint density at radius 2 is 2.19 bits per heavy atom. The number of aliphatic hydroxyl groups is 1. The van der Waals surface area contributed by atoms with Crippen LogP contribution < -0.4 is 0 Å². The molecule has 3 nitrogen and oxygen atoms in total. The van der Waals surface area contributed by atoms with Crippen LogP contribution in [0.3, 0.4) is 0 Å². The van der Waals surface area contributed by atoms with Crippen LogP contribution >= 0.6 is 0 Å². The third kappa shape index (κ3) is 2.25. The zero-order valence-electron chi connectivity index (χ0n) is 9.35.